The van der Waals surface area contributed by atoms with E-state index in [2.05, 4.69) is 20.6 Å². The van der Waals surface area contributed by atoms with Crippen molar-refractivity contribution in [3.8, 4) is 0 Å². The summed E-state index contributed by atoms with van der Waals surface area (Å²) in [5.41, 5.74) is 1.76. The van der Waals surface area contributed by atoms with E-state index in [0.29, 0.717) is 12.5 Å². The van der Waals surface area contributed by atoms with Gasteiger partial charge in [0, 0.05) is 17.1 Å². The predicted octanol–water partition coefficient (Wildman–Crippen LogP) is 3.97. The van der Waals surface area contributed by atoms with Crippen molar-refractivity contribution in [2.24, 2.45) is 0 Å². The molecule has 2 N–H and O–H groups in total. The molecule has 2 aromatic rings. The third kappa shape index (κ3) is 5.03. The molecule has 6 heteroatoms. The minimum Gasteiger partial charge on any atom is -0.353 e. The number of nitrogens with one attached hydrogen (secondary N) is 2. The molecule has 0 aromatic carbocycles. The monoisotopic (exact) mass is 344 g/mol. The molecule has 1 saturated carbocycles. The minimum atomic E-state index is 0.0763. The number of thiazole rings is 1. The zero-order chi connectivity index (χ0) is 16.8. The molecule has 128 valence electrons. The van der Waals surface area contributed by atoms with Gasteiger partial charge in [-0.2, -0.15) is 0 Å². The van der Waals surface area contributed by atoms with E-state index >= 15 is 0 Å². The molecule has 0 saturated heterocycles. The Balaban J connectivity index is 1.52. The van der Waals surface area contributed by atoms with Crippen molar-refractivity contribution < 1.29 is 4.79 Å². The number of aromatic nitrogens is 2. The first-order valence-electron chi connectivity index (χ1n) is 8.63. The van der Waals surface area contributed by atoms with Gasteiger partial charge in [0.25, 0.3) is 0 Å². The van der Waals surface area contributed by atoms with Gasteiger partial charge in [-0.25, -0.2) is 9.97 Å². The molecule has 1 amide bonds. The highest BCUT2D eigenvalue weighted by Crippen LogP contribution is 2.21. The Morgan fingerprint density at radius 1 is 1.21 bits per heavy atom. The largest absolute Gasteiger partial charge is 0.353 e. The van der Waals surface area contributed by atoms with Crippen LogP contribution in [0.3, 0.4) is 0 Å². The molecule has 1 aliphatic carbocycles. The van der Waals surface area contributed by atoms with Gasteiger partial charge in [0.05, 0.1) is 12.1 Å². The number of aryl methyl sites for hydroxylation is 1. The van der Waals surface area contributed by atoms with Gasteiger partial charge in [-0.3, -0.25) is 4.79 Å². The maximum absolute atomic E-state index is 12.2. The summed E-state index contributed by atoms with van der Waals surface area (Å²) in [5.74, 6) is 0.853. The van der Waals surface area contributed by atoms with Crippen molar-refractivity contribution in [1.29, 1.82) is 0 Å². The molecular formula is C18H24N4OS. The van der Waals surface area contributed by atoms with Gasteiger partial charge in [-0.1, -0.05) is 31.7 Å². The topological polar surface area (TPSA) is 66.9 Å². The Morgan fingerprint density at radius 3 is 2.75 bits per heavy atom. The highest BCUT2D eigenvalue weighted by molar-refractivity contribution is 7.13. The summed E-state index contributed by atoms with van der Waals surface area (Å²) in [6, 6.07) is 6.16. The summed E-state index contributed by atoms with van der Waals surface area (Å²) in [7, 11) is 0. The van der Waals surface area contributed by atoms with Crippen molar-refractivity contribution in [2.75, 3.05) is 5.32 Å². The maximum atomic E-state index is 12.2. The first kappa shape index (κ1) is 16.9. The van der Waals surface area contributed by atoms with Gasteiger partial charge in [0.1, 0.15) is 5.82 Å². The second-order valence-corrected chi connectivity index (χ2v) is 7.22. The summed E-state index contributed by atoms with van der Waals surface area (Å²) in [5, 5.41) is 9.06. The zero-order valence-electron chi connectivity index (χ0n) is 14.0. The van der Waals surface area contributed by atoms with E-state index in [0.717, 1.165) is 35.2 Å². The fraction of sp³-hybridized carbons (Fsp3) is 0.500. The number of carbonyl (C=O) groups excluding carboxylic acids is 1. The molecule has 0 radical (unpaired) electrons. The molecule has 2 aromatic heterocycles. The standard InChI is InChI=1S/C18H24N4OS/c1-13-7-6-10-16(19-13)22-18-21-15(12-24-18)11-17(23)20-14-8-4-2-3-5-9-14/h6-7,10,12,14H,2-5,8-9,11H2,1H3,(H,20,23)(H,19,21,22). The molecule has 0 bridgehead atoms. The number of nitrogens with zero attached hydrogens (tertiary/aromatic N) is 2. The Kier molecular flexibility index (Phi) is 5.80. The summed E-state index contributed by atoms with van der Waals surface area (Å²) < 4.78 is 0. The van der Waals surface area contributed by atoms with Gasteiger partial charge in [-0.05, 0) is 31.9 Å². The normalized spacial score (nSPS) is 15.7. The Bertz CT molecular complexity index is 677. The molecular weight excluding hydrogens is 320 g/mol. The van der Waals surface area contributed by atoms with E-state index in [4.69, 9.17) is 0 Å². The highest BCUT2D eigenvalue weighted by atomic mass is 32.1. The summed E-state index contributed by atoms with van der Waals surface area (Å²) in [6.45, 7) is 1.95. The van der Waals surface area contributed by atoms with Gasteiger partial charge in [-0.15, -0.1) is 11.3 Å². The lowest BCUT2D eigenvalue weighted by Gasteiger charge is -2.15. The number of hydrogen-bond acceptors (Lipinski definition) is 5. The molecule has 0 atom stereocenters. The lowest BCUT2D eigenvalue weighted by molar-refractivity contribution is -0.121. The van der Waals surface area contributed by atoms with Crippen LogP contribution in [-0.4, -0.2) is 21.9 Å². The van der Waals surface area contributed by atoms with Gasteiger partial charge in [0.2, 0.25) is 5.91 Å². The van der Waals surface area contributed by atoms with Gasteiger partial charge < -0.3 is 10.6 Å². The van der Waals surface area contributed by atoms with Crippen molar-refractivity contribution in [3.05, 3.63) is 35.0 Å². The van der Waals surface area contributed by atoms with Crippen LogP contribution >= 0.6 is 11.3 Å². The Hall–Kier alpha value is -1.95. The first-order chi connectivity index (χ1) is 11.7. The number of amides is 1. The molecule has 0 aliphatic heterocycles. The van der Waals surface area contributed by atoms with E-state index in [1.54, 1.807) is 0 Å². The minimum absolute atomic E-state index is 0.0763. The summed E-state index contributed by atoms with van der Waals surface area (Å²) in [6.07, 6.45) is 7.58. The van der Waals surface area contributed by atoms with Crippen LogP contribution in [0.25, 0.3) is 0 Å². The number of carbonyl (C=O) groups is 1. The molecule has 0 unspecified atom stereocenters. The molecule has 1 aliphatic rings. The Morgan fingerprint density at radius 2 is 2.00 bits per heavy atom. The first-order valence-corrected chi connectivity index (χ1v) is 9.51. The van der Waals surface area contributed by atoms with Crippen LogP contribution < -0.4 is 10.6 Å². The molecule has 2 heterocycles. The van der Waals surface area contributed by atoms with Crippen molar-refractivity contribution in [1.82, 2.24) is 15.3 Å². The van der Waals surface area contributed by atoms with Crippen molar-refractivity contribution in [2.45, 2.75) is 57.9 Å². The van der Waals surface area contributed by atoms with Crippen LogP contribution in [0.5, 0.6) is 0 Å². The molecule has 24 heavy (non-hydrogen) atoms. The van der Waals surface area contributed by atoms with Crippen LogP contribution in [0.2, 0.25) is 0 Å². The lowest BCUT2D eigenvalue weighted by Crippen LogP contribution is -2.35. The summed E-state index contributed by atoms with van der Waals surface area (Å²) in [4.78, 5) is 21.1. The quantitative estimate of drug-likeness (QED) is 0.805. The van der Waals surface area contributed by atoms with E-state index in [1.807, 2.05) is 30.5 Å². The maximum Gasteiger partial charge on any atom is 0.226 e. The highest BCUT2D eigenvalue weighted by Gasteiger charge is 2.15. The number of rotatable bonds is 5. The fourth-order valence-corrected chi connectivity index (χ4v) is 3.75. The van der Waals surface area contributed by atoms with Crippen LogP contribution in [0, 0.1) is 6.92 Å². The molecule has 1 fully saturated rings. The third-order valence-corrected chi connectivity index (χ3v) is 5.04. The second-order valence-electron chi connectivity index (χ2n) is 6.37. The average Bonchev–Trinajstić information content (AvgIpc) is 2.81. The third-order valence-electron chi connectivity index (χ3n) is 4.24. The van der Waals surface area contributed by atoms with Crippen LogP contribution in [0.4, 0.5) is 10.9 Å². The SMILES string of the molecule is Cc1cccc(Nc2nc(CC(=O)NC3CCCCCC3)cs2)n1. The van der Waals surface area contributed by atoms with E-state index in [1.165, 1.54) is 37.0 Å². The number of pyridine rings is 1. The van der Waals surface area contributed by atoms with Crippen molar-refractivity contribution in [3.63, 3.8) is 0 Å². The summed E-state index contributed by atoms with van der Waals surface area (Å²) >= 11 is 1.50. The molecule has 5 nitrogen and oxygen atoms in total. The van der Waals surface area contributed by atoms with E-state index in [-0.39, 0.29) is 5.91 Å². The van der Waals surface area contributed by atoms with Gasteiger partial charge >= 0.3 is 0 Å². The zero-order valence-corrected chi connectivity index (χ0v) is 14.9. The van der Waals surface area contributed by atoms with Gasteiger partial charge in [0.15, 0.2) is 5.13 Å². The molecule has 3 rings (SSSR count). The van der Waals surface area contributed by atoms with Crippen LogP contribution in [0.1, 0.15) is 49.9 Å². The fourth-order valence-electron chi connectivity index (χ4n) is 3.03. The van der Waals surface area contributed by atoms with Crippen LogP contribution in [0.15, 0.2) is 23.6 Å². The second kappa shape index (κ2) is 8.24. The number of anilines is 2. The predicted molar refractivity (Wildman–Crippen MR) is 97.7 cm³/mol. The van der Waals surface area contributed by atoms with Crippen LogP contribution in [-0.2, 0) is 11.2 Å². The van der Waals surface area contributed by atoms with E-state index in [9.17, 15) is 4.79 Å². The lowest BCUT2D eigenvalue weighted by atomic mass is 10.1. The number of hydrogen-bond donors (Lipinski definition) is 2. The van der Waals surface area contributed by atoms with Crippen molar-refractivity contribution >= 4 is 28.2 Å². The molecule has 0 spiro atoms. The average molecular weight is 344 g/mol. The smallest absolute Gasteiger partial charge is 0.226 e. The Labute approximate surface area is 146 Å². The van der Waals surface area contributed by atoms with E-state index < -0.39 is 0 Å².